The first kappa shape index (κ1) is 12.4. The zero-order valence-electron chi connectivity index (χ0n) is 10.0. The molecule has 0 spiro atoms. The molecule has 2 fully saturated rings. The molecule has 0 bridgehead atoms. The van der Waals surface area contributed by atoms with Gasteiger partial charge in [-0.3, -0.25) is 4.79 Å². The van der Waals surface area contributed by atoms with Crippen molar-refractivity contribution in [3.05, 3.63) is 0 Å². The Morgan fingerprint density at radius 2 is 1.94 bits per heavy atom. The van der Waals surface area contributed by atoms with E-state index in [-0.39, 0.29) is 0 Å². The van der Waals surface area contributed by atoms with E-state index in [2.05, 4.69) is 5.32 Å². The topological polar surface area (TPSA) is 69.6 Å². The number of amides is 1. The van der Waals surface area contributed by atoms with Gasteiger partial charge in [0.05, 0.1) is 0 Å². The summed E-state index contributed by atoms with van der Waals surface area (Å²) in [6.45, 7) is 3.32. The monoisotopic (exact) mass is 240 g/mol. The second-order valence-electron chi connectivity index (χ2n) is 5.07. The third kappa shape index (κ3) is 2.97. The molecule has 0 aromatic carbocycles. The first-order valence-electron chi connectivity index (χ1n) is 6.41. The number of nitrogens with one attached hydrogen (secondary N) is 1. The fraction of sp³-hybridized carbons (Fsp3) is 0.833. The molecule has 5 nitrogen and oxygen atoms in total. The van der Waals surface area contributed by atoms with Crippen LogP contribution in [0.25, 0.3) is 0 Å². The Balaban J connectivity index is 1.92. The van der Waals surface area contributed by atoms with Crippen LogP contribution in [-0.2, 0) is 9.59 Å². The minimum absolute atomic E-state index is 0.472. The van der Waals surface area contributed by atoms with Crippen LogP contribution < -0.4 is 5.32 Å². The van der Waals surface area contributed by atoms with E-state index < -0.39 is 11.9 Å². The van der Waals surface area contributed by atoms with Crippen molar-refractivity contribution < 1.29 is 14.7 Å². The summed E-state index contributed by atoms with van der Waals surface area (Å²) in [5.74, 6) is -0.987. The molecule has 0 aliphatic carbocycles. The standard InChI is InChI=1S/C12H20N2O3/c15-11(12(16)17)14-6-2-4-10(8-14)9-3-1-5-13-7-9/h9-10,13H,1-8H2,(H,16,17)/t9-,10-/m1/s1. The number of hydrogen-bond donors (Lipinski definition) is 2. The van der Waals surface area contributed by atoms with Crippen LogP contribution in [0.15, 0.2) is 0 Å². The van der Waals surface area contributed by atoms with Gasteiger partial charge in [-0.1, -0.05) is 0 Å². The third-order valence-corrected chi connectivity index (χ3v) is 3.93. The van der Waals surface area contributed by atoms with Gasteiger partial charge in [-0.25, -0.2) is 4.79 Å². The second kappa shape index (κ2) is 5.49. The van der Waals surface area contributed by atoms with E-state index in [1.807, 2.05) is 0 Å². The van der Waals surface area contributed by atoms with Crippen molar-refractivity contribution in [2.75, 3.05) is 26.2 Å². The smallest absolute Gasteiger partial charge is 0.394 e. The molecule has 2 atom stereocenters. The zero-order valence-corrected chi connectivity index (χ0v) is 10.0. The van der Waals surface area contributed by atoms with E-state index in [4.69, 9.17) is 5.11 Å². The SMILES string of the molecule is O=C(O)C(=O)N1CCC[C@@H]([C@@H]2CCCNC2)C1. The van der Waals surface area contributed by atoms with Gasteiger partial charge in [-0.2, -0.15) is 0 Å². The first-order valence-corrected chi connectivity index (χ1v) is 6.41. The molecule has 0 radical (unpaired) electrons. The molecule has 0 aromatic rings. The van der Waals surface area contributed by atoms with Gasteiger partial charge < -0.3 is 15.3 Å². The maximum atomic E-state index is 11.4. The van der Waals surface area contributed by atoms with E-state index in [0.29, 0.717) is 24.9 Å². The fourth-order valence-corrected chi connectivity index (χ4v) is 3.00. The van der Waals surface area contributed by atoms with Crippen molar-refractivity contribution in [1.82, 2.24) is 10.2 Å². The molecule has 5 heteroatoms. The normalized spacial score (nSPS) is 30.0. The minimum atomic E-state index is -1.33. The number of piperidine rings is 2. The Labute approximate surface area is 101 Å². The zero-order chi connectivity index (χ0) is 12.3. The van der Waals surface area contributed by atoms with Crippen LogP contribution in [-0.4, -0.2) is 48.1 Å². The lowest BCUT2D eigenvalue weighted by molar-refractivity contribution is -0.157. The summed E-state index contributed by atoms with van der Waals surface area (Å²) in [5, 5.41) is 12.1. The van der Waals surface area contributed by atoms with Gasteiger partial charge in [-0.05, 0) is 50.6 Å². The van der Waals surface area contributed by atoms with Crippen molar-refractivity contribution in [2.45, 2.75) is 25.7 Å². The summed E-state index contributed by atoms with van der Waals surface area (Å²) in [6, 6.07) is 0. The first-order chi connectivity index (χ1) is 8.18. The Morgan fingerprint density at radius 1 is 1.18 bits per heavy atom. The Hall–Kier alpha value is -1.10. The van der Waals surface area contributed by atoms with Crippen LogP contribution in [0.1, 0.15) is 25.7 Å². The van der Waals surface area contributed by atoms with Crippen molar-refractivity contribution in [2.24, 2.45) is 11.8 Å². The van der Waals surface area contributed by atoms with Crippen LogP contribution in [0.5, 0.6) is 0 Å². The quantitative estimate of drug-likeness (QED) is 0.647. The van der Waals surface area contributed by atoms with Crippen LogP contribution in [0, 0.1) is 11.8 Å². The van der Waals surface area contributed by atoms with Gasteiger partial charge in [0, 0.05) is 13.1 Å². The van der Waals surface area contributed by atoms with E-state index in [1.165, 1.54) is 17.7 Å². The molecule has 2 heterocycles. The molecule has 2 saturated heterocycles. The summed E-state index contributed by atoms with van der Waals surface area (Å²) in [4.78, 5) is 23.6. The largest absolute Gasteiger partial charge is 0.474 e. The van der Waals surface area contributed by atoms with E-state index in [0.717, 1.165) is 25.9 Å². The van der Waals surface area contributed by atoms with Crippen molar-refractivity contribution in [1.29, 1.82) is 0 Å². The van der Waals surface area contributed by atoms with Crippen molar-refractivity contribution >= 4 is 11.9 Å². The fourth-order valence-electron chi connectivity index (χ4n) is 3.00. The minimum Gasteiger partial charge on any atom is -0.474 e. The average molecular weight is 240 g/mol. The lowest BCUT2D eigenvalue weighted by atomic mass is 9.81. The lowest BCUT2D eigenvalue weighted by Gasteiger charge is -2.38. The Kier molecular flexibility index (Phi) is 3.99. The molecule has 2 N–H and O–H groups in total. The predicted molar refractivity (Wildman–Crippen MR) is 62.5 cm³/mol. The molecule has 1 amide bonds. The highest BCUT2D eigenvalue weighted by atomic mass is 16.4. The van der Waals surface area contributed by atoms with Crippen LogP contribution >= 0.6 is 0 Å². The molecule has 2 rings (SSSR count). The van der Waals surface area contributed by atoms with Crippen molar-refractivity contribution in [3.63, 3.8) is 0 Å². The van der Waals surface area contributed by atoms with Gasteiger partial charge >= 0.3 is 11.9 Å². The van der Waals surface area contributed by atoms with Crippen molar-refractivity contribution in [3.8, 4) is 0 Å². The van der Waals surface area contributed by atoms with Gasteiger partial charge in [0.1, 0.15) is 0 Å². The van der Waals surface area contributed by atoms with E-state index in [1.54, 1.807) is 0 Å². The molecule has 2 aliphatic heterocycles. The molecular formula is C12H20N2O3. The van der Waals surface area contributed by atoms with Crippen LogP contribution in [0.3, 0.4) is 0 Å². The number of carboxylic acids is 1. The molecule has 96 valence electrons. The number of hydrogen-bond acceptors (Lipinski definition) is 3. The summed E-state index contributed by atoms with van der Waals surface area (Å²) < 4.78 is 0. The number of aliphatic carboxylic acids is 1. The molecule has 17 heavy (non-hydrogen) atoms. The highest BCUT2D eigenvalue weighted by Crippen LogP contribution is 2.28. The average Bonchev–Trinajstić information content (AvgIpc) is 2.39. The summed E-state index contributed by atoms with van der Waals surface area (Å²) >= 11 is 0. The predicted octanol–water partition coefficient (Wildman–Crippen LogP) is 0.309. The molecule has 2 aliphatic rings. The van der Waals surface area contributed by atoms with Crippen LogP contribution in [0.4, 0.5) is 0 Å². The number of carbonyl (C=O) groups is 2. The molecule has 0 unspecified atom stereocenters. The maximum Gasteiger partial charge on any atom is 0.394 e. The Bertz CT molecular complexity index is 300. The molecular weight excluding hydrogens is 220 g/mol. The summed E-state index contributed by atoms with van der Waals surface area (Å²) in [6.07, 6.45) is 4.44. The number of rotatable bonds is 1. The van der Waals surface area contributed by atoms with E-state index in [9.17, 15) is 9.59 Å². The summed E-state index contributed by atoms with van der Waals surface area (Å²) in [5.41, 5.74) is 0. The number of likely N-dealkylation sites (tertiary alicyclic amines) is 1. The lowest BCUT2D eigenvalue weighted by Crippen LogP contribution is -2.47. The van der Waals surface area contributed by atoms with Gasteiger partial charge in [0.2, 0.25) is 0 Å². The van der Waals surface area contributed by atoms with Crippen LogP contribution in [0.2, 0.25) is 0 Å². The maximum absolute atomic E-state index is 11.4. The van der Waals surface area contributed by atoms with Gasteiger partial charge in [0.25, 0.3) is 0 Å². The van der Waals surface area contributed by atoms with E-state index >= 15 is 0 Å². The van der Waals surface area contributed by atoms with Gasteiger partial charge in [0.15, 0.2) is 0 Å². The summed E-state index contributed by atoms with van der Waals surface area (Å²) in [7, 11) is 0. The third-order valence-electron chi connectivity index (χ3n) is 3.93. The molecule has 0 aromatic heterocycles. The number of carboxylic acid groups (broad SMARTS) is 1. The van der Waals surface area contributed by atoms with Gasteiger partial charge in [-0.15, -0.1) is 0 Å². The molecule has 0 saturated carbocycles. The number of nitrogens with zero attached hydrogens (tertiary/aromatic N) is 1. The number of carbonyl (C=O) groups excluding carboxylic acids is 1. The highest BCUT2D eigenvalue weighted by molar-refractivity contribution is 6.31. The Morgan fingerprint density at radius 3 is 2.59 bits per heavy atom. The highest BCUT2D eigenvalue weighted by Gasteiger charge is 2.32. The second-order valence-corrected chi connectivity index (χ2v) is 5.07.